The van der Waals surface area contributed by atoms with Gasteiger partial charge in [0.05, 0.1) is 11.8 Å². The SMILES string of the molecule is CC(OC(=O)CN1C(=O)C2CCCCC2C1=O)C(=O)Nc1ccc2c(c1)OCCO2. The highest BCUT2D eigenvalue weighted by Gasteiger charge is 2.48. The summed E-state index contributed by atoms with van der Waals surface area (Å²) >= 11 is 0. The first-order chi connectivity index (χ1) is 14.4. The lowest BCUT2D eigenvalue weighted by Gasteiger charge is -2.20. The van der Waals surface area contributed by atoms with Gasteiger partial charge in [-0.05, 0) is 31.9 Å². The van der Waals surface area contributed by atoms with Crippen LogP contribution in [0, 0.1) is 11.8 Å². The Hall–Kier alpha value is -3.10. The van der Waals surface area contributed by atoms with E-state index in [2.05, 4.69) is 5.32 Å². The molecule has 4 rings (SSSR count). The second-order valence-electron chi connectivity index (χ2n) is 7.74. The Labute approximate surface area is 173 Å². The number of hydrogen-bond acceptors (Lipinski definition) is 7. The van der Waals surface area contributed by atoms with E-state index in [1.165, 1.54) is 6.92 Å². The zero-order valence-corrected chi connectivity index (χ0v) is 16.7. The Morgan fingerprint density at radius 1 is 1.10 bits per heavy atom. The quantitative estimate of drug-likeness (QED) is 0.572. The van der Waals surface area contributed by atoms with Crippen LogP contribution < -0.4 is 14.8 Å². The number of ether oxygens (including phenoxy) is 3. The van der Waals surface area contributed by atoms with E-state index in [1.807, 2.05) is 0 Å². The third kappa shape index (κ3) is 3.96. The van der Waals surface area contributed by atoms with Crippen molar-refractivity contribution in [2.45, 2.75) is 38.7 Å². The van der Waals surface area contributed by atoms with Gasteiger partial charge in [-0.15, -0.1) is 0 Å². The second-order valence-corrected chi connectivity index (χ2v) is 7.74. The van der Waals surface area contributed by atoms with Crippen LogP contribution in [0.2, 0.25) is 0 Å². The maximum absolute atomic E-state index is 12.5. The predicted molar refractivity (Wildman–Crippen MR) is 104 cm³/mol. The molecule has 30 heavy (non-hydrogen) atoms. The van der Waals surface area contributed by atoms with Crippen molar-refractivity contribution >= 4 is 29.4 Å². The predicted octanol–water partition coefficient (Wildman–Crippen LogP) is 1.50. The Morgan fingerprint density at radius 2 is 1.73 bits per heavy atom. The van der Waals surface area contributed by atoms with Crippen molar-refractivity contribution in [3.05, 3.63) is 18.2 Å². The van der Waals surface area contributed by atoms with Crippen LogP contribution in [0.5, 0.6) is 11.5 Å². The van der Waals surface area contributed by atoms with E-state index in [0.29, 0.717) is 43.2 Å². The second kappa shape index (κ2) is 8.33. The molecule has 3 aliphatic rings. The molecule has 1 saturated carbocycles. The maximum Gasteiger partial charge on any atom is 0.326 e. The number of nitrogens with zero attached hydrogens (tertiary/aromatic N) is 1. The Kier molecular flexibility index (Phi) is 5.61. The van der Waals surface area contributed by atoms with Crippen LogP contribution in [0.1, 0.15) is 32.6 Å². The number of nitrogens with one attached hydrogen (secondary N) is 1. The lowest BCUT2D eigenvalue weighted by molar-refractivity contribution is -0.158. The van der Waals surface area contributed by atoms with Gasteiger partial charge in [-0.3, -0.25) is 24.1 Å². The number of anilines is 1. The molecular weight excluding hydrogens is 392 g/mol. The van der Waals surface area contributed by atoms with Crippen LogP contribution in [0.3, 0.4) is 0 Å². The summed E-state index contributed by atoms with van der Waals surface area (Å²) in [5, 5.41) is 2.65. The van der Waals surface area contributed by atoms with Gasteiger partial charge in [0.15, 0.2) is 17.6 Å². The minimum absolute atomic E-state index is 0.310. The summed E-state index contributed by atoms with van der Waals surface area (Å²) in [7, 11) is 0. The maximum atomic E-state index is 12.5. The number of fused-ring (bicyclic) bond motifs is 2. The van der Waals surface area contributed by atoms with Gasteiger partial charge >= 0.3 is 5.97 Å². The third-order valence-corrected chi connectivity index (χ3v) is 5.71. The van der Waals surface area contributed by atoms with E-state index >= 15 is 0 Å². The van der Waals surface area contributed by atoms with Crippen molar-refractivity contribution in [2.24, 2.45) is 11.8 Å². The monoisotopic (exact) mass is 416 g/mol. The van der Waals surface area contributed by atoms with E-state index in [0.717, 1.165) is 17.7 Å². The topological polar surface area (TPSA) is 111 Å². The molecule has 0 spiro atoms. The molecule has 2 aliphatic heterocycles. The molecule has 9 nitrogen and oxygen atoms in total. The van der Waals surface area contributed by atoms with Crippen LogP contribution in [0.4, 0.5) is 5.69 Å². The van der Waals surface area contributed by atoms with Gasteiger partial charge in [0.1, 0.15) is 19.8 Å². The van der Waals surface area contributed by atoms with Crippen molar-refractivity contribution in [2.75, 3.05) is 25.1 Å². The highest BCUT2D eigenvalue weighted by molar-refractivity contribution is 6.07. The lowest BCUT2D eigenvalue weighted by atomic mass is 9.81. The van der Waals surface area contributed by atoms with E-state index in [-0.39, 0.29) is 23.7 Å². The molecule has 3 amide bonds. The molecule has 1 aliphatic carbocycles. The van der Waals surface area contributed by atoms with Gasteiger partial charge < -0.3 is 19.5 Å². The Balaban J connectivity index is 1.31. The van der Waals surface area contributed by atoms with Gasteiger partial charge in [-0.1, -0.05) is 12.8 Å². The molecule has 0 radical (unpaired) electrons. The Bertz CT molecular complexity index is 860. The number of amides is 3. The Morgan fingerprint density at radius 3 is 2.40 bits per heavy atom. The van der Waals surface area contributed by atoms with E-state index in [4.69, 9.17) is 14.2 Å². The third-order valence-electron chi connectivity index (χ3n) is 5.71. The van der Waals surface area contributed by atoms with Gasteiger partial charge in [-0.2, -0.15) is 0 Å². The smallest absolute Gasteiger partial charge is 0.326 e. The summed E-state index contributed by atoms with van der Waals surface area (Å²) in [6, 6.07) is 4.97. The molecule has 1 aromatic rings. The summed E-state index contributed by atoms with van der Waals surface area (Å²) in [5.41, 5.74) is 0.473. The van der Waals surface area contributed by atoms with Gasteiger partial charge in [0.25, 0.3) is 5.91 Å². The summed E-state index contributed by atoms with van der Waals surface area (Å²) in [6.45, 7) is 1.86. The van der Waals surface area contributed by atoms with E-state index in [9.17, 15) is 19.2 Å². The first kappa shape index (κ1) is 20.2. The fourth-order valence-corrected chi connectivity index (χ4v) is 4.17. The average molecular weight is 416 g/mol. The minimum Gasteiger partial charge on any atom is -0.486 e. The molecule has 1 N–H and O–H groups in total. The summed E-state index contributed by atoms with van der Waals surface area (Å²) in [5.74, 6) is -1.47. The number of imide groups is 1. The molecule has 2 fully saturated rings. The molecule has 1 saturated heterocycles. The summed E-state index contributed by atoms with van der Waals surface area (Å²) in [4.78, 5) is 50.5. The van der Waals surface area contributed by atoms with Crippen molar-refractivity contribution in [1.82, 2.24) is 4.90 Å². The molecule has 2 heterocycles. The van der Waals surface area contributed by atoms with Crippen LogP contribution >= 0.6 is 0 Å². The molecule has 160 valence electrons. The van der Waals surface area contributed by atoms with Crippen LogP contribution in [-0.4, -0.2) is 54.5 Å². The van der Waals surface area contributed by atoms with Crippen molar-refractivity contribution in [3.8, 4) is 11.5 Å². The molecule has 0 bridgehead atoms. The zero-order valence-electron chi connectivity index (χ0n) is 16.7. The first-order valence-electron chi connectivity index (χ1n) is 10.2. The van der Waals surface area contributed by atoms with Gasteiger partial charge in [0, 0.05) is 11.8 Å². The van der Waals surface area contributed by atoms with Crippen molar-refractivity contribution in [1.29, 1.82) is 0 Å². The fraction of sp³-hybridized carbons (Fsp3) is 0.524. The molecule has 9 heteroatoms. The van der Waals surface area contributed by atoms with Crippen LogP contribution in [0.15, 0.2) is 18.2 Å². The van der Waals surface area contributed by atoms with E-state index in [1.54, 1.807) is 18.2 Å². The average Bonchev–Trinajstić information content (AvgIpc) is 2.98. The number of rotatable bonds is 5. The summed E-state index contributed by atoms with van der Waals surface area (Å²) < 4.78 is 16.1. The van der Waals surface area contributed by atoms with Crippen LogP contribution in [0.25, 0.3) is 0 Å². The normalized spacial score (nSPS) is 23.6. The molecule has 3 atom stereocenters. The standard InChI is InChI=1S/C21H24N2O7/c1-12(19(25)22-13-6-7-16-17(10-13)29-9-8-28-16)30-18(24)11-23-20(26)14-4-2-3-5-15(14)21(23)27/h6-7,10,12,14-15H,2-5,8-9,11H2,1H3,(H,22,25). The first-order valence-corrected chi connectivity index (χ1v) is 10.2. The van der Waals surface area contributed by atoms with E-state index < -0.39 is 24.5 Å². The highest BCUT2D eigenvalue weighted by atomic mass is 16.6. The largest absolute Gasteiger partial charge is 0.486 e. The molecule has 1 aromatic carbocycles. The van der Waals surface area contributed by atoms with Crippen LogP contribution in [-0.2, 0) is 23.9 Å². The van der Waals surface area contributed by atoms with Crippen molar-refractivity contribution in [3.63, 3.8) is 0 Å². The number of likely N-dealkylation sites (tertiary alicyclic amines) is 1. The summed E-state index contributed by atoms with van der Waals surface area (Å²) in [6.07, 6.45) is 2.08. The number of carbonyl (C=O) groups excluding carboxylic acids is 4. The molecule has 3 unspecified atom stereocenters. The number of benzene rings is 1. The fourth-order valence-electron chi connectivity index (χ4n) is 4.17. The zero-order chi connectivity index (χ0) is 21.3. The van der Waals surface area contributed by atoms with Gasteiger partial charge in [-0.25, -0.2) is 0 Å². The number of esters is 1. The number of hydrogen-bond donors (Lipinski definition) is 1. The molecular formula is C21H24N2O7. The minimum atomic E-state index is -1.10. The van der Waals surface area contributed by atoms with Gasteiger partial charge in [0.2, 0.25) is 11.8 Å². The number of carbonyl (C=O) groups is 4. The highest BCUT2D eigenvalue weighted by Crippen LogP contribution is 2.38. The van der Waals surface area contributed by atoms with Crippen molar-refractivity contribution < 1.29 is 33.4 Å². The lowest BCUT2D eigenvalue weighted by Crippen LogP contribution is -2.39. The molecule has 0 aromatic heterocycles.